The van der Waals surface area contributed by atoms with Crippen molar-refractivity contribution in [3.8, 4) is 0 Å². The topological polar surface area (TPSA) is 74.8 Å². The second-order valence-corrected chi connectivity index (χ2v) is 13.5. The van der Waals surface area contributed by atoms with Gasteiger partial charge in [-0.3, -0.25) is 0 Å². The Morgan fingerprint density at radius 1 is 0.879 bits per heavy atom. The van der Waals surface area contributed by atoms with Crippen molar-refractivity contribution in [2.24, 2.45) is 5.92 Å². The van der Waals surface area contributed by atoms with Crippen molar-refractivity contribution in [1.82, 2.24) is 8.61 Å². The first kappa shape index (κ1) is 24.7. The predicted molar refractivity (Wildman–Crippen MR) is 130 cm³/mol. The van der Waals surface area contributed by atoms with E-state index in [2.05, 4.69) is 6.92 Å². The number of sulfonamides is 2. The fraction of sp³-hybridized carbons (Fsp3) is 0.500. The van der Waals surface area contributed by atoms with E-state index < -0.39 is 20.0 Å². The second-order valence-electron chi connectivity index (χ2n) is 9.20. The lowest BCUT2D eigenvalue weighted by Gasteiger charge is -2.30. The first-order valence-corrected chi connectivity index (χ1v) is 14.8. The molecule has 1 saturated heterocycles. The van der Waals surface area contributed by atoms with Crippen LogP contribution in [0.5, 0.6) is 0 Å². The molecule has 0 aromatic heterocycles. The van der Waals surface area contributed by atoms with E-state index in [0.29, 0.717) is 24.0 Å². The van der Waals surface area contributed by atoms with E-state index in [1.165, 1.54) is 28.6 Å². The average Bonchev–Trinajstić information content (AvgIpc) is 3.33. The van der Waals surface area contributed by atoms with Gasteiger partial charge in [0.2, 0.25) is 20.0 Å². The highest BCUT2D eigenvalue weighted by molar-refractivity contribution is 7.89. The van der Waals surface area contributed by atoms with Gasteiger partial charge in [-0.2, -0.15) is 8.61 Å². The number of hydrogen-bond donors (Lipinski definition) is 0. The molecule has 1 aliphatic carbocycles. The summed E-state index contributed by atoms with van der Waals surface area (Å²) in [6.45, 7) is 3.31. The van der Waals surface area contributed by atoms with Gasteiger partial charge in [0, 0.05) is 30.7 Å². The lowest BCUT2D eigenvalue weighted by Crippen LogP contribution is -2.39. The van der Waals surface area contributed by atoms with Gasteiger partial charge in [-0.25, -0.2) is 16.8 Å². The zero-order chi connectivity index (χ0) is 23.6. The Morgan fingerprint density at radius 2 is 1.48 bits per heavy atom. The molecule has 2 aliphatic rings. The van der Waals surface area contributed by atoms with Gasteiger partial charge in [-0.05, 0) is 73.6 Å². The summed E-state index contributed by atoms with van der Waals surface area (Å²) in [6, 6.07) is 12.9. The van der Waals surface area contributed by atoms with Gasteiger partial charge in [-0.1, -0.05) is 43.5 Å². The molecule has 0 N–H and O–H groups in total. The van der Waals surface area contributed by atoms with Crippen molar-refractivity contribution in [1.29, 1.82) is 0 Å². The number of piperidine rings is 1. The largest absolute Gasteiger partial charge is 0.243 e. The van der Waals surface area contributed by atoms with Crippen LogP contribution in [0.15, 0.2) is 58.3 Å². The van der Waals surface area contributed by atoms with E-state index in [-0.39, 0.29) is 22.4 Å². The van der Waals surface area contributed by atoms with Crippen LogP contribution in [0.1, 0.15) is 51.0 Å². The highest BCUT2D eigenvalue weighted by Gasteiger charge is 2.34. The first-order valence-electron chi connectivity index (χ1n) is 11.5. The van der Waals surface area contributed by atoms with Gasteiger partial charge >= 0.3 is 0 Å². The monoisotopic (exact) mass is 510 g/mol. The van der Waals surface area contributed by atoms with Crippen molar-refractivity contribution in [3.63, 3.8) is 0 Å². The van der Waals surface area contributed by atoms with E-state index in [9.17, 15) is 16.8 Å². The van der Waals surface area contributed by atoms with Crippen LogP contribution >= 0.6 is 11.6 Å². The number of hydrogen-bond acceptors (Lipinski definition) is 4. The summed E-state index contributed by atoms with van der Waals surface area (Å²) in [5, 5.41) is 0.605. The third kappa shape index (κ3) is 5.46. The van der Waals surface area contributed by atoms with Crippen molar-refractivity contribution in [2.45, 2.75) is 67.8 Å². The van der Waals surface area contributed by atoms with E-state index in [1.807, 2.05) is 12.1 Å². The van der Waals surface area contributed by atoms with Gasteiger partial charge in [0.1, 0.15) is 0 Å². The SMILES string of the molecule is CC1CCCN(S(=O)(=O)c2ccc(S(=O)(=O)N(Cc3ccc(Cl)cc3)C3CCCC3)cc2)C1. The van der Waals surface area contributed by atoms with E-state index >= 15 is 0 Å². The maximum absolute atomic E-state index is 13.6. The molecule has 4 rings (SSSR count). The van der Waals surface area contributed by atoms with Crippen LogP contribution in [0, 0.1) is 5.92 Å². The summed E-state index contributed by atoms with van der Waals surface area (Å²) in [4.78, 5) is 0.259. The molecule has 1 heterocycles. The van der Waals surface area contributed by atoms with E-state index in [0.717, 1.165) is 44.1 Å². The maximum atomic E-state index is 13.6. The van der Waals surface area contributed by atoms with E-state index in [1.54, 1.807) is 16.4 Å². The Labute approximate surface area is 202 Å². The maximum Gasteiger partial charge on any atom is 0.243 e. The Hall–Kier alpha value is -1.45. The van der Waals surface area contributed by atoms with Crippen LogP contribution in [0.3, 0.4) is 0 Å². The molecular weight excluding hydrogens is 480 g/mol. The molecule has 0 bridgehead atoms. The molecule has 180 valence electrons. The molecular formula is C24H31ClN2O4S2. The quantitative estimate of drug-likeness (QED) is 0.531. The summed E-state index contributed by atoms with van der Waals surface area (Å²) in [7, 11) is -7.43. The Kier molecular flexibility index (Phi) is 7.50. The van der Waals surface area contributed by atoms with Gasteiger partial charge in [0.05, 0.1) is 9.79 Å². The van der Waals surface area contributed by atoms with Crippen molar-refractivity contribution in [2.75, 3.05) is 13.1 Å². The summed E-state index contributed by atoms with van der Waals surface area (Å²) in [5.74, 6) is 0.320. The van der Waals surface area contributed by atoms with E-state index in [4.69, 9.17) is 11.6 Å². The lowest BCUT2D eigenvalue weighted by molar-refractivity contribution is 0.281. The third-order valence-corrected chi connectivity index (χ3v) is 10.7. The highest BCUT2D eigenvalue weighted by atomic mass is 35.5. The Balaban J connectivity index is 1.60. The lowest BCUT2D eigenvalue weighted by atomic mass is 10.0. The third-order valence-electron chi connectivity index (χ3n) is 6.67. The Bertz CT molecular complexity index is 1160. The van der Waals surface area contributed by atoms with Gasteiger partial charge in [-0.15, -0.1) is 0 Å². The van der Waals surface area contributed by atoms with Gasteiger partial charge in [0.15, 0.2) is 0 Å². The predicted octanol–water partition coefficient (Wildman–Crippen LogP) is 4.89. The molecule has 0 spiro atoms. The Morgan fingerprint density at radius 3 is 2.09 bits per heavy atom. The number of rotatable bonds is 7. The molecule has 1 unspecified atom stereocenters. The van der Waals surface area contributed by atoms with Crippen LogP contribution in [0.2, 0.25) is 5.02 Å². The first-order chi connectivity index (χ1) is 15.7. The van der Waals surface area contributed by atoms with Crippen molar-refractivity contribution < 1.29 is 16.8 Å². The number of nitrogens with zero attached hydrogens (tertiary/aromatic N) is 2. The van der Waals surface area contributed by atoms with Gasteiger partial charge < -0.3 is 0 Å². The fourth-order valence-electron chi connectivity index (χ4n) is 4.80. The summed E-state index contributed by atoms with van der Waals surface area (Å²) in [5.41, 5.74) is 0.869. The van der Waals surface area contributed by atoms with Gasteiger partial charge in [0.25, 0.3) is 0 Å². The van der Waals surface area contributed by atoms with Crippen LogP contribution in [-0.2, 0) is 26.6 Å². The normalized spacial score (nSPS) is 21.0. The van der Waals surface area contributed by atoms with Crippen LogP contribution < -0.4 is 0 Å². The molecule has 6 nitrogen and oxygen atoms in total. The zero-order valence-corrected chi connectivity index (χ0v) is 21.2. The smallest absolute Gasteiger partial charge is 0.207 e. The molecule has 2 fully saturated rings. The van der Waals surface area contributed by atoms with Crippen LogP contribution in [0.4, 0.5) is 0 Å². The molecule has 1 saturated carbocycles. The summed E-state index contributed by atoms with van der Waals surface area (Å²) in [6.07, 6.45) is 5.52. The molecule has 0 amide bonds. The van der Waals surface area contributed by atoms with Crippen molar-refractivity contribution in [3.05, 3.63) is 59.1 Å². The van der Waals surface area contributed by atoms with Crippen molar-refractivity contribution >= 4 is 31.6 Å². The molecule has 9 heteroatoms. The molecule has 33 heavy (non-hydrogen) atoms. The molecule has 0 radical (unpaired) electrons. The highest BCUT2D eigenvalue weighted by Crippen LogP contribution is 2.31. The minimum Gasteiger partial charge on any atom is -0.207 e. The molecule has 2 aromatic carbocycles. The molecule has 1 aliphatic heterocycles. The zero-order valence-electron chi connectivity index (χ0n) is 18.9. The second kappa shape index (κ2) is 10.0. The standard InChI is InChI=1S/C24H31ClN2O4S2/c1-19-5-4-16-26(17-19)32(28,29)23-12-14-24(15-13-23)33(30,31)27(22-6-2-3-7-22)18-20-8-10-21(25)11-9-20/h8-15,19,22H,2-7,16-18H2,1H3. The minimum atomic E-state index is -3.80. The number of benzene rings is 2. The molecule has 2 aromatic rings. The fourth-order valence-corrected chi connectivity index (χ4v) is 8.20. The van der Waals surface area contributed by atoms with Crippen LogP contribution in [-0.4, -0.2) is 44.6 Å². The summed E-state index contributed by atoms with van der Waals surface area (Å²) < 4.78 is 56.5. The average molecular weight is 511 g/mol. The minimum absolute atomic E-state index is 0.0658. The number of halogens is 1. The summed E-state index contributed by atoms with van der Waals surface area (Å²) >= 11 is 5.99. The molecule has 1 atom stereocenters. The van der Waals surface area contributed by atoms with Crippen LogP contribution in [0.25, 0.3) is 0 Å².